The van der Waals surface area contributed by atoms with E-state index in [1.807, 2.05) is 11.6 Å². The first kappa shape index (κ1) is 16.7. The van der Waals surface area contributed by atoms with Crippen LogP contribution in [0, 0.1) is 6.92 Å². The third kappa shape index (κ3) is 5.30. The summed E-state index contributed by atoms with van der Waals surface area (Å²) in [7, 11) is 1.70. The summed E-state index contributed by atoms with van der Waals surface area (Å²) in [5, 5.41) is 7.16. The van der Waals surface area contributed by atoms with Gasteiger partial charge in [0.05, 0.1) is 11.8 Å². The molecule has 0 bridgehead atoms. The number of carbonyl (C=O) groups excluding carboxylic acids is 1. The lowest BCUT2D eigenvalue weighted by Gasteiger charge is -2.06. The van der Waals surface area contributed by atoms with Gasteiger partial charge in [0.25, 0.3) is 5.91 Å². The van der Waals surface area contributed by atoms with Gasteiger partial charge < -0.3 is 15.8 Å². The van der Waals surface area contributed by atoms with E-state index in [0.29, 0.717) is 18.7 Å². The number of ether oxygens (including phenoxy) is 1. The van der Waals surface area contributed by atoms with Gasteiger partial charge >= 0.3 is 0 Å². The minimum absolute atomic E-state index is 0.0479. The Labute approximate surface area is 120 Å². The number of rotatable bonds is 10. The summed E-state index contributed by atoms with van der Waals surface area (Å²) in [5.41, 5.74) is 7.03. The van der Waals surface area contributed by atoms with Gasteiger partial charge in [0, 0.05) is 32.5 Å². The second kappa shape index (κ2) is 9.50. The molecule has 1 aromatic heterocycles. The Hall–Kier alpha value is -1.40. The van der Waals surface area contributed by atoms with Crippen LogP contribution in [0.1, 0.15) is 41.7 Å². The minimum Gasteiger partial charge on any atom is -0.385 e. The molecule has 20 heavy (non-hydrogen) atoms. The average molecular weight is 282 g/mol. The fraction of sp³-hybridized carbons (Fsp3) is 0.714. The molecule has 6 heteroatoms. The van der Waals surface area contributed by atoms with Gasteiger partial charge in [-0.2, -0.15) is 5.10 Å². The Kier molecular flexibility index (Phi) is 7.91. The summed E-state index contributed by atoms with van der Waals surface area (Å²) in [4.78, 5) is 12.0. The molecule has 1 aromatic rings. The van der Waals surface area contributed by atoms with Crippen LogP contribution in [0.4, 0.5) is 0 Å². The summed E-state index contributed by atoms with van der Waals surface area (Å²) in [5.74, 6) is -0.0479. The van der Waals surface area contributed by atoms with Crippen molar-refractivity contribution in [2.45, 2.75) is 39.2 Å². The normalized spacial score (nSPS) is 10.8. The number of aromatic nitrogens is 2. The standard InChI is InChI=1S/C14H26N4O2/c1-12-13(11-17-18(12)9-6-7-15)14(19)16-8-4-3-5-10-20-2/h11H,3-10,15H2,1-2H3,(H,16,19). The predicted octanol–water partition coefficient (Wildman–Crippen LogP) is 1.09. The van der Waals surface area contributed by atoms with Crippen LogP contribution in [0.25, 0.3) is 0 Å². The lowest BCUT2D eigenvalue weighted by Crippen LogP contribution is -2.25. The summed E-state index contributed by atoms with van der Waals surface area (Å²) in [6.07, 6.45) is 5.55. The van der Waals surface area contributed by atoms with E-state index >= 15 is 0 Å². The average Bonchev–Trinajstić information content (AvgIpc) is 2.81. The molecule has 0 radical (unpaired) electrons. The third-order valence-electron chi connectivity index (χ3n) is 3.23. The molecule has 0 saturated carbocycles. The van der Waals surface area contributed by atoms with E-state index in [4.69, 9.17) is 10.5 Å². The third-order valence-corrected chi connectivity index (χ3v) is 3.23. The lowest BCUT2D eigenvalue weighted by molar-refractivity contribution is 0.0952. The van der Waals surface area contributed by atoms with Crippen LogP contribution in [-0.2, 0) is 11.3 Å². The van der Waals surface area contributed by atoms with Crippen LogP contribution >= 0.6 is 0 Å². The van der Waals surface area contributed by atoms with E-state index in [0.717, 1.165) is 44.5 Å². The quantitative estimate of drug-likeness (QED) is 0.629. The van der Waals surface area contributed by atoms with Crippen LogP contribution < -0.4 is 11.1 Å². The molecule has 0 atom stereocenters. The van der Waals surface area contributed by atoms with Crippen molar-refractivity contribution in [2.75, 3.05) is 26.8 Å². The number of unbranched alkanes of at least 4 members (excludes halogenated alkanes) is 2. The van der Waals surface area contributed by atoms with E-state index in [2.05, 4.69) is 10.4 Å². The van der Waals surface area contributed by atoms with Crippen LogP contribution in [0.15, 0.2) is 6.20 Å². The van der Waals surface area contributed by atoms with Crippen molar-refractivity contribution in [3.63, 3.8) is 0 Å². The van der Waals surface area contributed by atoms with Gasteiger partial charge in [0.15, 0.2) is 0 Å². The monoisotopic (exact) mass is 282 g/mol. The molecule has 0 aliphatic carbocycles. The van der Waals surface area contributed by atoms with Gasteiger partial charge in [-0.15, -0.1) is 0 Å². The molecule has 0 unspecified atom stereocenters. The Morgan fingerprint density at radius 1 is 1.40 bits per heavy atom. The van der Waals surface area contributed by atoms with E-state index in [1.54, 1.807) is 13.3 Å². The molecule has 0 saturated heterocycles. The van der Waals surface area contributed by atoms with Crippen molar-refractivity contribution in [3.05, 3.63) is 17.5 Å². The smallest absolute Gasteiger partial charge is 0.254 e. The van der Waals surface area contributed by atoms with Crippen molar-refractivity contribution in [1.29, 1.82) is 0 Å². The first-order valence-electron chi connectivity index (χ1n) is 7.20. The van der Waals surface area contributed by atoms with Gasteiger partial charge in [0.2, 0.25) is 0 Å². The second-order valence-electron chi connectivity index (χ2n) is 4.82. The molecule has 1 amide bonds. The fourth-order valence-electron chi connectivity index (χ4n) is 1.98. The number of nitrogens with one attached hydrogen (secondary N) is 1. The van der Waals surface area contributed by atoms with Crippen molar-refractivity contribution < 1.29 is 9.53 Å². The molecule has 0 aliphatic rings. The summed E-state index contributed by atoms with van der Waals surface area (Å²) < 4.78 is 6.82. The summed E-state index contributed by atoms with van der Waals surface area (Å²) in [6, 6.07) is 0. The first-order chi connectivity index (χ1) is 9.70. The molecule has 1 rings (SSSR count). The molecule has 114 valence electrons. The zero-order valence-electron chi connectivity index (χ0n) is 12.5. The zero-order chi connectivity index (χ0) is 14.8. The highest BCUT2D eigenvalue weighted by molar-refractivity contribution is 5.94. The number of carbonyl (C=O) groups is 1. The predicted molar refractivity (Wildman–Crippen MR) is 78.7 cm³/mol. The molecule has 3 N–H and O–H groups in total. The highest BCUT2D eigenvalue weighted by atomic mass is 16.5. The van der Waals surface area contributed by atoms with E-state index in [-0.39, 0.29) is 5.91 Å². The van der Waals surface area contributed by atoms with Crippen LogP contribution in [-0.4, -0.2) is 42.5 Å². The summed E-state index contributed by atoms with van der Waals surface area (Å²) in [6.45, 7) is 4.77. The van der Waals surface area contributed by atoms with Crippen LogP contribution in [0.2, 0.25) is 0 Å². The van der Waals surface area contributed by atoms with Gasteiger partial charge in [0.1, 0.15) is 0 Å². The fourth-order valence-corrected chi connectivity index (χ4v) is 1.98. The lowest BCUT2D eigenvalue weighted by atomic mass is 10.2. The highest BCUT2D eigenvalue weighted by Crippen LogP contribution is 2.07. The first-order valence-corrected chi connectivity index (χ1v) is 7.20. The van der Waals surface area contributed by atoms with Gasteiger partial charge in [-0.1, -0.05) is 0 Å². The SMILES string of the molecule is COCCCCCNC(=O)c1cnn(CCCN)c1C. The minimum atomic E-state index is -0.0479. The molecule has 0 aliphatic heterocycles. The molecule has 0 fully saturated rings. The number of hydrogen-bond donors (Lipinski definition) is 2. The Balaban J connectivity index is 2.34. The topological polar surface area (TPSA) is 82.2 Å². The van der Waals surface area contributed by atoms with Crippen molar-refractivity contribution in [1.82, 2.24) is 15.1 Å². The summed E-state index contributed by atoms with van der Waals surface area (Å²) >= 11 is 0. The molecule has 6 nitrogen and oxygen atoms in total. The number of methoxy groups -OCH3 is 1. The number of hydrogen-bond acceptors (Lipinski definition) is 4. The molecule has 0 aromatic carbocycles. The maximum absolute atomic E-state index is 12.0. The van der Waals surface area contributed by atoms with Crippen molar-refractivity contribution >= 4 is 5.91 Å². The number of amides is 1. The maximum Gasteiger partial charge on any atom is 0.254 e. The Morgan fingerprint density at radius 2 is 2.20 bits per heavy atom. The van der Waals surface area contributed by atoms with E-state index < -0.39 is 0 Å². The molecule has 0 spiro atoms. The molecule has 1 heterocycles. The van der Waals surface area contributed by atoms with Gasteiger partial charge in [-0.25, -0.2) is 0 Å². The van der Waals surface area contributed by atoms with Crippen molar-refractivity contribution in [2.24, 2.45) is 5.73 Å². The highest BCUT2D eigenvalue weighted by Gasteiger charge is 2.13. The second-order valence-corrected chi connectivity index (χ2v) is 4.82. The van der Waals surface area contributed by atoms with Gasteiger partial charge in [-0.05, 0) is 39.2 Å². The number of nitrogens with two attached hydrogens (primary N) is 1. The van der Waals surface area contributed by atoms with Gasteiger partial charge in [-0.3, -0.25) is 9.48 Å². The molecular weight excluding hydrogens is 256 g/mol. The van der Waals surface area contributed by atoms with Crippen molar-refractivity contribution in [3.8, 4) is 0 Å². The maximum atomic E-state index is 12.0. The number of aryl methyl sites for hydroxylation is 1. The van der Waals surface area contributed by atoms with Crippen LogP contribution in [0.5, 0.6) is 0 Å². The Morgan fingerprint density at radius 3 is 2.90 bits per heavy atom. The van der Waals surface area contributed by atoms with E-state index in [1.165, 1.54) is 0 Å². The van der Waals surface area contributed by atoms with Crippen LogP contribution in [0.3, 0.4) is 0 Å². The zero-order valence-corrected chi connectivity index (χ0v) is 12.5. The molecular formula is C14H26N4O2. The largest absolute Gasteiger partial charge is 0.385 e. The Bertz CT molecular complexity index is 404. The number of nitrogens with zero attached hydrogens (tertiary/aromatic N) is 2. The van der Waals surface area contributed by atoms with E-state index in [9.17, 15) is 4.79 Å².